The molecule has 0 saturated heterocycles. The van der Waals surface area contributed by atoms with Gasteiger partial charge in [-0.3, -0.25) is 4.79 Å². The van der Waals surface area contributed by atoms with E-state index in [-0.39, 0.29) is 12.2 Å². The molecule has 0 saturated carbocycles. The SMILES string of the molecule is CCCNC(C)(CC(=O)O)c1ccc(F)cc1. The summed E-state index contributed by atoms with van der Waals surface area (Å²) < 4.78 is 12.9. The lowest BCUT2D eigenvalue weighted by atomic mass is 9.88. The number of carbonyl (C=O) groups is 1. The number of rotatable bonds is 6. The summed E-state index contributed by atoms with van der Waals surface area (Å²) in [5.41, 5.74) is 0.130. The van der Waals surface area contributed by atoms with Gasteiger partial charge in [0.2, 0.25) is 0 Å². The molecule has 0 amide bonds. The third-order valence-electron chi connectivity index (χ3n) is 2.75. The van der Waals surface area contributed by atoms with E-state index >= 15 is 0 Å². The standard InChI is InChI=1S/C13H18FNO2/c1-3-8-15-13(2,9-12(16)17)10-4-6-11(14)7-5-10/h4-7,15H,3,8-9H2,1-2H3,(H,16,17). The number of halogens is 1. The minimum atomic E-state index is -0.875. The summed E-state index contributed by atoms with van der Waals surface area (Å²) in [6.45, 7) is 4.56. The summed E-state index contributed by atoms with van der Waals surface area (Å²) >= 11 is 0. The van der Waals surface area contributed by atoms with E-state index in [1.165, 1.54) is 12.1 Å². The van der Waals surface area contributed by atoms with Crippen molar-refractivity contribution in [1.29, 1.82) is 0 Å². The highest BCUT2D eigenvalue weighted by molar-refractivity contribution is 5.68. The zero-order chi connectivity index (χ0) is 12.9. The number of benzene rings is 1. The quantitative estimate of drug-likeness (QED) is 0.802. The average molecular weight is 239 g/mol. The first kappa shape index (κ1) is 13.6. The molecule has 0 aliphatic heterocycles. The fourth-order valence-electron chi connectivity index (χ4n) is 1.79. The van der Waals surface area contributed by atoms with E-state index in [1.54, 1.807) is 12.1 Å². The molecule has 1 aromatic rings. The Bertz CT molecular complexity index is 378. The van der Waals surface area contributed by atoms with E-state index in [0.29, 0.717) is 0 Å². The summed E-state index contributed by atoms with van der Waals surface area (Å²) in [5, 5.41) is 12.2. The number of hydrogen-bond acceptors (Lipinski definition) is 2. The largest absolute Gasteiger partial charge is 0.481 e. The lowest BCUT2D eigenvalue weighted by Gasteiger charge is -2.30. The van der Waals surface area contributed by atoms with Crippen molar-refractivity contribution in [3.63, 3.8) is 0 Å². The molecular weight excluding hydrogens is 221 g/mol. The predicted molar refractivity (Wildman–Crippen MR) is 64.3 cm³/mol. The zero-order valence-corrected chi connectivity index (χ0v) is 10.2. The number of nitrogens with one attached hydrogen (secondary N) is 1. The van der Waals surface area contributed by atoms with Gasteiger partial charge in [0.15, 0.2) is 0 Å². The van der Waals surface area contributed by atoms with Gasteiger partial charge in [0.05, 0.1) is 12.0 Å². The number of carboxylic acids is 1. The molecule has 94 valence electrons. The first-order chi connectivity index (χ1) is 7.98. The molecule has 3 nitrogen and oxygen atoms in total. The zero-order valence-electron chi connectivity index (χ0n) is 10.2. The summed E-state index contributed by atoms with van der Waals surface area (Å²) in [7, 11) is 0. The van der Waals surface area contributed by atoms with Crippen molar-refractivity contribution in [3.8, 4) is 0 Å². The van der Waals surface area contributed by atoms with Crippen molar-refractivity contribution < 1.29 is 14.3 Å². The van der Waals surface area contributed by atoms with Crippen LogP contribution in [0.2, 0.25) is 0 Å². The van der Waals surface area contributed by atoms with E-state index in [0.717, 1.165) is 18.5 Å². The van der Waals surface area contributed by atoms with Gasteiger partial charge in [0.25, 0.3) is 0 Å². The Balaban J connectivity index is 2.95. The molecule has 0 heterocycles. The Hall–Kier alpha value is -1.42. The van der Waals surface area contributed by atoms with Crippen LogP contribution >= 0.6 is 0 Å². The van der Waals surface area contributed by atoms with Gasteiger partial charge < -0.3 is 10.4 Å². The summed E-state index contributed by atoms with van der Waals surface area (Å²) in [6.07, 6.45) is 0.884. The highest BCUT2D eigenvalue weighted by atomic mass is 19.1. The Morgan fingerprint density at radius 3 is 2.47 bits per heavy atom. The van der Waals surface area contributed by atoms with Crippen LogP contribution in [0.5, 0.6) is 0 Å². The minimum absolute atomic E-state index is 0.0291. The van der Waals surface area contributed by atoms with Gasteiger partial charge in [0, 0.05) is 0 Å². The van der Waals surface area contributed by atoms with E-state index in [4.69, 9.17) is 5.11 Å². The van der Waals surface area contributed by atoms with Crippen molar-refractivity contribution >= 4 is 5.97 Å². The molecule has 17 heavy (non-hydrogen) atoms. The Morgan fingerprint density at radius 2 is 2.00 bits per heavy atom. The molecule has 1 rings (SSSR count). The van der Waals surface area contributed by atoms with E-state index in [1.807, 2.05) is 13.8 Å². The van der Waals surface area contributed by atoms with Gasteiger partial charge in [-0.05, 0) is 37.6 Å². The molecule has 2 N–H and O–H groups in total. The molecule has 0 aliphatic rings. The van der Waals surface area contributed by atoms with Crippen LogP contribution in [-0.2, 0) is 10.3 Å². The number of hydrogen-bond donors (Lipinski definition) is 2. The van der Waals surface area contributed by atoms with E-state index in [9.17, 15) is 9.18 Å². The molecule has 1 atom stereocenters. The highest BCUT2D eigenvalue weighted by Crippen LogP contribution is 2.25. The van der Waals surface area contributed by atoms with Crippen molar-refractivity contribution in [2.24, 2.45) is 0 Å². The van der Waals surface area contributed by atoms with E-state index in [2.05, 4.69) is 5.32 Å². The molecule has 4 heteroatoms. The van der Waals surface area contributed by atoms with Gasteiger partial charge in [-0.2, -0.15) is 0 Å². The predicted octanol–water partition coefficient (Wildman–Crippen LogP) is 2.52. The molecule has 1 unspecified atom stereocenters. The third kappa shape index (κ3) is 3.82. The topological polar surface area (TPSA) is 49.3 Å². The van der Waals surface area contributed by atoms with Crippen LogP contribution < -0.4 is 5.32 Å². The lowest BCUT2D eigenvalue weighted by Crippen LogP contribution is -2.41. The van der Waals surface area contributed by atoms with Crippen LogP contribution in [0.3, 0.4) is 0 Å². The monoisotopic (exact) mass is 239 g/mol. The van der Waals surface area contributed by atoms with Crippen molar-refractivity contribution in [3.05, 3.63) is 35.6 Å². The Morgan fingerprint density at radius 1 is 1.41 bits per heavy atom. The fourth-order valence-corrected chi connectivity index (χ4v) is 1.79. The van der Waals surface area contributed by atoms with Gasteiger partial charge >= 0.3 is 5.97 Å². The molecule has 0 fully saturated rings. The second-order valence-electron chi connectivity index (χ2n) is 4.34. The van der Waals surface area contributed by atoms with Crippen LogP contribution in [0.25, 0.3) is 0 Å². The van der Waals surface area contributed by atoms with Crippen LogP contribution in [0.1, 0.15) is 32.3 Å². The first-order valence-electron chi connectivity index (χ1n) is 5.71. The summed E-state index contributed by atoms with van der Waals surface area (Å²) in [4.78, 5) is 10.9. The van der Waals surface area contributed by atoms with Crippen LogP contribution in [-0.4, -0.2) is 17.6 Å². The van der Waals surface area contributed by atoms with Crippen LogP contribution in [0, 0.1) is 5.82 Å². The normalized spacial score (nSPS) is 14.3. The molecule has 0 bridgehead atoms. The minimum Gasteiger partial charge on any atom is -0.481 e. The van der Waals surface area contributed by atoms with Crippen molar-refractivity contribution in [2.45, 2.75) is 32.2 Å². The first-order valence-corrected chi connectivity index (χ1v) is 5.71. The second kappa shape index (κ2) is 5.77. The van der Waals surface area contributed by atoms with Gasteiger partial charge in [-0.15, -0.1) is 0 Å². The molecule has 0 radical (unpaired) electrons. The van der Waals surface area contributed by atoms with Crippen molar-refractivity contribution in [1.82, 2.24) is 5.32 Å². The maximum absolute atomic E-state index is 12.9. The molecule has 0 aliphatic carbocycles. The smallest absolute Gasteiger partial charge is 0.305 e. The highest BCUT2D eigenvalue weighted by Gasteiger charge is 2.28. The van der Waals surface area contributed by atoms with Gasteiger partial charge in [-0.1, -0.05) is 19.1 Å². The maximum Gasteiger partial charge on any atom is 0.305 e. The van der Waals surface area contributed by atoms with E-state index < -0.39 is 11.5 Å². The number of aliphatic carboxylic acids is 1. The molecule has 0 spiro atoms. The van der Waals surface area contributed by atoms with Gasteiger partial charge in [0.1, 0.15) is 5.82 Å². The Kier molecular flexibility index (Phi) is 4.63. The molecule has 0 aromatic heterocycles. The number of carboxylic acid groups (broad SMARTS) is 1. The van der Waals surface area contributed by atoms with Crippen LogP contribution in [0.4, 0.5) is 4.39 Å². The van der Waals surface area contributed by atoms with Crippen molar-refractivity contribution in [2.75, 3.05) is 6.54 Å². The average Bonchev–Trinajstić information content (AvgIpc) is 2.26. The molecular formula is C13H18FNO2. The lowest BCUT2D eigenvalue weighted by molar-refractivity contribution is -0.138. The van der Waals surface area contributed by atoms with Crippen LogP contribution in [0.15, 0.2) is 24.3 Å². The van der Waals surface area contributed by atoms with Gasteiger partial charge in [-0.25, -0.2) is 4.39 Å². The fraction of sp³-hybridized carbons (Fsp3) is 0.462. The second-order valence-corrected chi connectivity index (χ2v) is 4.34. The molecule has 1 aromatic carbocycles. The summed E-state index contributed by atoms with van der Waals surface area (Å²) in [6, 6.07) is 5.95. The third-order valence-corrected chi connectivity index (χ3v) is 2.75. The maximum atomic E-state index is 12.9. The summed E-state index contributed by atoms with van der Waals surface area (Å²) in [5.74, 6) is -1.19. The Labute approximate surface area is 101 Å².